The van der Waals surface area contributed by atoms with Gasteiger partial charge in [-0.1, -0.05) is 18.2 Å². The van der Waals surface area contributed by atoms with Crippen molar-refractivity contribution in [2.24, 2.45) is 0 Å². The molecule has 6 rings (SSSR count). The van der Waals surface area contributed by atoms with Gasteiger partial charge in [0.15, 0.2) is 5.75 Å². The van der Waals surface area contributed by atoms with Gasteiger partial charge in [0.25, 0.3) is 0 Å². The van der Waals surface area contributed by atoms with E-state index < -0.39 is 17.3 Å². The van der Waals surface area contributed by atoms with Crippen molar-refractivity contribution in [3.05, 3.63) is 64.1 Å². The number of carbonyl (C=O) groups excluding carboxylic acids is 1. The minimum atomic E-state index is -0.780. The molecule has 0 N–H and O–H groups in total. The maximum Gasteiger partial charge on any atom is 0.350 e. The fraction of sp³-hybridized carbons (Fsp3) is 0.414. The van der Waals surface area contributed by atoms with Crippen LogP contribution < -0.4 is 15.3 Å². The fourth-order valence-corrected chi connectivity index (χ4v) is 6.36. The number of halogens is 3. The molecule has 0 unspecified atom stereocenters. The molecule has 0 aliphatic carbocycles. The van der Waals surface area contributed by atoms with Gasteiger partial charge in [-0.3, -0.25) is 9.36 Å². The molecule has 0 spiro atoms. The number of hydrogen-bond donors (Lipinski definition) is 0. The smallest absolute Gasteiger partial charge is 0.350 e. The maximum atomic E-state index is 15.0. The first-order valence-electron chi connectivity index (χ1n) is 13.5. The van der Waals surface area contributed by atoms with Crippen LogP contribution in [-0.4, -0.2) is 76.7 Å². The zero-order chi connectivity index (χ0) is 28.3. The highest BCUT2D eigenvalue weighted by Crippen LogP contribution is 2.47. The molecule has 3 atom stereocenters. The van der Waals surface area contributed by atoms with Crippen LogP contribution in [0.3, 0.4) is 0 Å². The molecule has 11 heteroatoms. The summed E-state index contributed by atoms with van der Waals surface area (Å²) in [4.78, 5) is 36.8. The highest BCUT2D eigenvalue weighted by atomic mass is 35.5. The predicted molar refractivity (Wildman–Crippen MR) is 150 cm³/mol. The summed E-state index contributed by atoms with van der Waals surface area (Å²) < 4.78 is 36.7. The Bertz CT molecular complexity index is 1590. The lowest BCUT2D eigenvalue weighted by atomic mass is 9.99. The molecule has 1 amide bonds. The van der Waals surface area contributed by atoms with Crippen molar-refractivity contribution in [3.8, 4) is 16.9 Å². The minimum absolute atomic E-state index is 0.0837. The number of anilines is 1. The second-order valence-corrected chi connectivity index (χ2v) is 11.2. The first-order valence-corrected chi connectivity index (χ1v) is 13.8. The summed E-state index contributed by atoms with van der Waals surface area (Å²) in [5.41, 5.74) is 0.400. The van der Waals surface area contributed by atoms with Crippen molar-refractivity contribution in [2.45, 2.75) is 38.4 Å². The lowest BCUT2D eigenvalue weighted by Gasteiger charge is -2.45. The Kier molecular flexibility index (Phi) is 6.78. The quantitative estimate of drug-likeness (QED) is 0.428. The maximum absolute atomic E-state index is 15.0. The van der Waals surface area contributed by atoms with Crippen molar-refractivity contribution in [1.82, 2.24) is 19.4 Å². The number of rotatable bonds is 5. The highest BCUT2D eigenvalue weighted by Gasteiger charge is 2.37. The highest BCUT2D eigenvalue weighted by molar-refractivity contribution is 6.35. The van der Waals surface area contributed by atoms with Crippen LogP contribution in [0.2, 0.25) is 5.02 Å². The number of aromatic nitrogens is 2. The van der Waals surface area contributed by atoms with Crippen LogP contribution >= 0.6 is 11.6 Å². The number of hydrogen-bond acceptors (Lipinski definition) is 6. The third kappa shape index (κ3) is 4.34. The normalized spacial score (nSPS) is 22.7. The van der Waals surface area contributed by atoms with Gasteiger partial charge < -0.3 is 19.4 Å². The molecule has 3 aromatic rings. The van der Waals surface area contributed by atoms with E-state index in [1.807, 2.05) is 18.7 Å². The second-order valence-electron chi connectivity index (χ2n) is 10.8. The lowest BCUT2D eigenvalue weighted by molar-refractivity contribution is -0.128. The van der Waals surface area contributed by atoms with Crippen LogP contribution in [0.15, 0.2) is 41.7 Å². The number of likely N-dealkylation sites (tertiary alicyclic amines) is 1. The zero-order valence-corrected chi connectivity index (χ0v) is 23.1. The largest absolute Gasteiger partial charge is 0.488 e. The molecule has 3 aliphatic rings. The third-order valence-electron chi connectivity index (χ3n) is 8.22. The Labute approximate surface area is 235 Å². The molecule has 8 nitrogen and oxygen atoms in total. The van der Waals surface area contributed by atoms with E-state index in [2.05, 4.69) is 16.5 Å². The van der Waals surface area contributed by atoms with Gasteiger partial charge in [-0.25, -0.2) is 13.6 Å². The van der Waals surface area contributed by atoms with E-state index >= 15 is 4.39 Å². The first-order chi connectivity index (χ1) is 19.2. The molecule has 40 heavy (non-hydrogen) atoms. The molecule has 4 heterocycles. The molecule has 210 valence electrons. The number of carbonyl (C=O) groups is 1. The van der Waals surface area contributed by atoms with Gasteiger partial charge in [-0.2, -0.15) is 4.98 Å². The fourth-order valence-electron chi connectivity index (χ4n) is 6.06. The van der Waals surface area contributed by atoms with Crippen LogP contribution in [0.5, 0.6) is 5.75 Å². The summed E-state index contributed by atoms with van der Waals surface area (Å²) >= 11 is 6.82. The SMILES string of the molecule is C=CC(=O)N1C[C@H](C)N(c2nc(=O)n3c4c(c(-c5ccc(F)cc5F)c(Cl)cc24)OC[C@@H]3CN2CCC2)C[C@H]1C. The van der Waals surface area contributed by atoms with E-state index in [4.69, 9.17) is 16.3 Å². The van der Waals surface area contributed by atoms with Crippen LogP contribution in [-0.2, 0) is 4.79 Å². The Morgan fingerprint density at radius 3 is 2.65 bits per heavy atom. The molecular formula is C29H30ClF2N5O3. The van der Waals surface area contributed by atoms with Crippen molar-refractivity contribution in [2.75, 3.05) is 44.2 Å². The van der Waals surface area contributed by atoms with Gasteiger partial charge >= 0.3 is 5.69 Å². The molecule has 2 aromatic carbocycles. The predicted octanol–water partition coefficient (Wildman–Crippen LogP) is 4.25. The van der Waals surface area contributed by atoms with E-state index in [0.29, 0.717) is 36.4 Å². The van der Waals surface area contributed by atoms with Gasteiger partial charge in [0.05, 0.1) is 16.6 Å². The lowest BCUT2D eigenvalue weighted by Crippen LogP contribution is -2.58. The number of piperazine rings is 1. The molecule has 1 aromatic heterocycles. The number of nitrogens with zero attached hydrogens (tertiary/aromatic N) is 5. The number of ether oxygens (including phenoxy) is 1. The number of benzene rings is 2. The van der Waals surface area contributed by atoms with Crippen molar-refractivity contribution >= 4 is 34.2 Å². The van der Waals surface area contributed by atoms with Crippen molar-refractivity contribution < 1.29 is 18.3 Å². The summed E-state index contributed by atoms with van der Waals surface area (Å²) in [6.07, 6.45) is 2.41. The van der Waals surface area contributed by atoms with E-state index in [-0.39, 0.29) is 52.5 Å². The average molecular weight is 570 g/mol. The van der Waals surface area contributed by atoms with Crippen LogP contribution in [0.4, 0.5) is 14.6 Å². The van der Waals surface area contributed by atoms with Crippen LogP contribution in [0, 0.1) is 11.6 Å². The van der Waals surface area contributed by atoms with Crippen molar-refractivity contribution in [3.63, 3.8) is 0 Å². The Morgan fingerprint density at radius 1 is 1.20 bits per heavy atom. The molecule has 2 fully saturated rings. The summed E-state index contributed by atoms with van der Waals surface area (Å²) in [5.74, 6) is -0.931. The molecular weight excluding hydrogens is 540 g/mol. The van der Waals surface area contributed by atoms with Gasteiger partial charge in [-0.05, 0) is 57.6 Å². The number of amides is 1. The molecule has 0 saturated carbocycles. The Balaban J connectivity index is 1.56. The first kappa shape index (κ1) is 26.7. The molecule has 3 aliphatic heterocycles. The standard InChI is InChI=1S/C29H30ClF2N5O3/c1-4-24(38)35-12-17(3)36(13-16(35)2)28-21-11-22(30)25(20-7-6-18(31)10-23(20)32)27-26(21)37(29(39)33-28)19(15-40-27)14-34-8-5-9-34/h4,6-7,10-11,16-17,19H,1,5,8-9,12-15H2,2-3H3/t16-,17+,19+/m1/s1. The minimum Gasteiger partial charge on any atom is -0.488 e. The summed E-state index contributed by atoms with van der Waals surface area (Å²) in [7, 11) is 0. The Hall–Kier alpha value is -3.50. The van der Waals surface area contributed by atoms with Crippen LogP contribution in [0.25, 0.3) is 22.0 Å². The van der Waals surface area contributed by atoms with E-state index in [1.165, 1.54) is 18.2 Å². The summed E-state index contributed by atoms with van der Waals surface area (Å²) in [5, 5.41) is 0.797. The van der Waals surface area contributed by atoms with Gasteiger partial charge in [0.2, 0.25) is 5.91 Å². The van der Waals surface area contributed by atoms with Crippen molar-refractivity contribution in [1.29, 1.82) is 0 Å². The zero-order valence-electron chi connectivity index (χ0n) is 22.4. The summed E-state index contributed by atoms with van der Waals surface area (Å²) in [6, 6.07) is 4.36. The van der Waals surface area contributed by atoms with Crippen LogP contribution in [0.1, 0.15) is 26.3 Å². The van der Waals surface area contributed by atoms with E-state index in [0.717, 1.165) is 25.6 Å². The van der Waals surface area contributed by atoms with Gasteiger partial charge in [-0.15, -0.1) is 0 Å². The average Bonchev–Trinajstić information content (AvgIpc) is 2.89. The molecule has 2 saturated heterocycles. The Morgan fingerprint density at radius 2 is 1.98 bits per heavy atom. The summed E-state index contributed by atoms with van der Waals surface area (Å²) in [6.45, 7) is 11.1. The van der Waals surface area contributed by atoms with E-state index in [1.54, 1.807) is 15.5 Å². The molecule has 0 bridgehead atoms. The van der Waals surface area contributed by atoms with Gasteiger partial charge in [0.1, 0.15) is 24.1 Å². The van der Waals surface area contributed by atoms with Gasteiger partial charge in [0, 0.05) is 54.3 Å². The monoisotopic (exact) mass is 569 g/mol. The third-order valence-corrected chi connectivity index (χ3v) is 8.51. The van der Waals surface area contributed by atoms with E-state index in [9.17, 15) is 14.0 Å². The topological polar surface area (TPSA) is 70.9 Å². The second kappa shape index (κ2) is 10.2. The molecule has 0 radical (unpaired) electrons.